The van der Waals surface area contributed by atoms with Crippen LogP contribution in [0.25, 0.3) is 0 Å². The normalized spacial score (nSPS) is 11.2. The van der Waals surface area contributed by atoms with Gasteiger partial charge in [-0.05, 0) is 58.9 Å². The Hall–Kier alpha value is -2.50. The zero-order chi connectivity index (χ0) is 17.9. The maximum Gasteiger partial charge on any atom is 0.414 e. The van der Waals surface area contributed by atoms with E-state index in [0.29, 0.717) is 11.6 Å². The molecule has 6 heteroatoms. The number of ether oxygens (including phenoxy) is 2. The number of rotatable bonds is 4. The maximum absolute atomic E-state index is 12.0. The van der Waals surface area contributed by atoms with Gasteiger partial charge in [-0.1, -0.05) is 0 Å². The Bertz CT molecular complexity index is 679. The highest BCUT2D eigenvalue weighted by Crippen LogP contribution is 2.21. The Morgan fingerprint density at radius 3 is 2.33 bits per heavy atom. The molecule has 0 N–H and O–H groups in total. The summed E-state index contributed by atoms with van der Waals surface area (Å²) in [5.74, 6) is 2.01. The van der Waals surface area contributed by atoms with Gasteiger partial charge in [-0.15, -0.1) is 0 Å². The molecule has 0 aliphatic carbocycles. The number of aromatic nitrogens is 1. The van der Waals surface area contributed by atoms with E-state index >= 15 is 0 Å². The molecule has 130 valence electrons. The summed E-state index contributed by atoms with van der Waals surface area (Å²) in [6.07, 6.45) is -0.401. The number of oxazole rings is 1. The van der Waals surface area contributed by atoms with Crippen molar-refractivity contribution in [3.05, 3.63) is 41.6 Å². The summed E-state index contributed by atoms with van der Waals surface area (Å²) in [5.41, 5.74) is 1.06. The molecule has 1 aromatic heterocycles. The minimum absolute atomic E-state index is 0.260. The fourth-order valence-electron chi connectivity index (χ4n) is 1.95. The average molecular weight is 332 g/mol. The number of nitrogens with zero attached hydrogens (tertiary/aromatic N) is 2. The molecule has 0 atom stereocenters. The van der Waals surface area contributed by atoms with E-state index < -0.39 is 11.7 Å². The van der Waals surface area contributed by atoms with Crippen LogP contribution in [0.3, 0.4) is 0 Å². The van der Waals surface area contributed by atoms with Crippen molar-refractivity contribution in [2.75, 3.05) is 11.9 Å². The predicted octanol–water partition coefficient (Wildman–Crippen LogP) is 4.24. The number of carbonyl (C=O) groups is 1. The molecule has 0 aliphatic heterocycles. The molecule has 1 aromatic carbocycles. The molecule has 0 fully saturated rings. The van der Waals surface area contributed by atoms with Gasteiger partial charge in [0.2, 0.25) is 5.89 Å². The summed E-state index contributed by atoms with van der Waals surface area (Å²) in [6, 6.07) is 7.17. The third-order valence-corrected chi connectivity index (χ3v) is 3.33. The average Bonchev–Trinajstić information content (AvgIpc) is 2.82. The van der Waals surface area contributed by atoms with Crippen LogP contribution in [0.2, 0.25) is 0 Å². The second kappa shape index (κ2) is 6.95. The lowest BCUT2D eigenvalue weighted by Gasteiger charge is -2.24. The minimum atomic E-state index is -0.527. The van der Waals surface area contributed by atoms with Crippen LogP contribution in [-0.2, 0) is 11.3 Å². The Kier molecular flexibility index (Phi) is 5.17. The van der Waals surface area contributed by atoms with Gasteiger partial charge < -0.3 is 13.9 Å². The minimum Gasteiger partial charge on any atom is -0.484 e. The lowest BCUT2D eigenvalue weighted by atomic mass is 10.2. The molecule has 1 amide bonds. The summed E-state index contributed by atoms with van der Waals surface area (Å²) in [5, 5.41) is 0. The lowest BCUT2D eigenvalue weighted by molar-refractivity contribution is 0.0589. The largest absolute Gasteiger partial charge is 0.484 e. The van der Waals surface area contributed by atoms with Crippen LogP contribution in [0.4, 0.5) is 10.5 Å². The maximum atomic E-state index is 12.0. The Morgan fingerprint density at radius 2 is 1.83 bits per heavy atom. The SMILES string of the molecule is Cc1nc(COc2ccc(N(C)C(=O)OC(C)(C)C)cc2)oc1C. The van der Waals surface area contributed by atoms with Crippen molar-refractivity contribution in [2.24, 2.45) is 0 Å². The third kappa shape index (κ3) is 4.75. The number of aryl methyl sites for hydroxylation is 2. The Labute approximate surface area is 142 Å². The number of amides is 1. The van der Waals surface area contributed by atoms with E-state index in [1.165, 1.54) is 4.90 Å². The zero-order valence-electron chi connectivity index (χ0n) is 15.0. The monoisotopic (exact) mass is 332 g/mol. The molecule has 0 unspecified atom stereocenters. The smallest absolute Gasteiger partial charge is 0.414 e. The van der Waals surface area contributed by atoms with Crippen molar-refractivity contribution in [3.63, 3.8) is 0 Å². The van der Waals surface area contributed by atoms with E-state index in [2.05, 4.69) is 4.98 Å². The first kappa shape index (κ1) is 17.8. The summed E-state index contributed by atoms with van der Waals surface area (Å²) in [7, 11) is 1.67. The first-order valence-corrected chi connectivity index (χ1v) is 7.78. The van der Waals surface area contributed by atoms with E-state index in [-0.39, 0.29) is 6.61 Å². The predicted molar refractivity (Wildman–Crippen MR) is 91.4 cm³/mol. The van der Waals surface area contributed by atoms with Crippen LogP contribution in [0.15, 0.2) is 28.7 Å². The van der Waals surface area contributed by atoms with Crippen LogP contribution in [0.5, 0.6) is 5.75 Å². The Morgan fingerprint density at radius 1 is 1.21 bits per heavy atom. The van der Waals surface area contributed by atoms with Gasteiger partial charge in [-0.25, -0.2) is 9.78 Å². The number of hydrogen-bond acceptors (Lipinski definition) is 5. The van der Waals surface area contributed by atoms with Gasteiger partial charge in [0.05, 0.1) is 5.69 Å². The Balaban J connectivity index is 1.96. The first-order valence-electron chi connectivity index (χ1n) is 7.78. The van der Waals surface area contributed by atoms with Crippen LogP contribution in [0, 0.1) is 13.8 Å². The van der Waals surface area contributed by atoms with Crippen molar-refractivity contribution < 1.29 is 18.7 Å². The van der Waals surface area contributed by atoms with Crippen LogP contribution >= 0.6 is 0 Å². The number of carbonyl (C=O) groups excluding carboxylic acids is 1. The van der Waals surface area contributed by atoms with Gasteiger partial charge in [-0.3, -0.25) is 4.90 Å². The highest BCUT2D eigenvalue weighted by molar-refractivity contribution is 5.87. The van der Waals surface area contributed by atoms with E-state index in [1.54, 1.807) is 31.3 Å². The van der Waals surface area contributed by atoms with Crippen LogP contribution < -0.4 is 9.64 Å². The summed E-state index contributed by atoms with van der Waals surface area (Å²) >= 11 is 0. The van der Waals surface area contributed by atoms with E-state index in [0.717, 1.165) is 17.1 Å². The second-order valence-corrected chi connectivity index (χ2v) is 6.57. The molecule has 0 saturated heterocycles. The fraction of sp³-hybridized carbons (Fsp3) is 0.444. The van der Waals surface area contributed by atoms with Crippen LogP contribution in [-0.4, -0.2) is 23.7 Å². The molecule has 0 aliphatic rings. The number of benzene rings is 1. The van der Waals surface area contributed by atoms with E-state index in [9.17, 15) is 4.79 Å². The van der Waals surface area contributed by atoms with Crippen molar-refractivity contribution in [1.82, 2.24) is 4.98 Å². The molecule has 0 bridgehead atoms. The molecule has 2 aromatic rings. The highest BCUT2D eigenvalue weighted by atomic mass is 16.6. The topological polar surface area (TPSA) is 64.8 Å². The molecule has 0 spiro atoms. The van der Waals surface area contributed by atoms with Crippen molar-refractivity contribution in [2.45, 2.75) is 46.8 Å². The highest BCUT2D eigenvalue weighted by Gasteiger charge is 2.20. The first-order chi connectivity index (χ1) is 11.2. The van der Waals surface area contributed by atoms with Gasteiger partial charge in [0.25, 0.3) is 0 Å². The zero-order valence-corrected chi connectivity index (χ0v) is 15.0. The van der Waals surface area contributed by atoms with Gasteiger partial charge in [0.15, 0.2) is 6.61 Å². The fourth-order valence-corrected chi connectivity index (χ4v) is 1.95. The molecule has 0 radical (unpaired) electrons. The molecule has 0 saturated carbocycles. The van der Waals surface area contributed by atoms with Crippen molar-refractivity contribution in [1.29, 1.82) is 0 Å². The number of anilines is 1. The van der Waals surface area contributed by atoms with E-state index in [4.69, 9.17) is 13.9 Å². The van der Waals surface area contributed by atoms with Gasteiger partial charge in [0, 0.05) is 12.7 Å². The van der Waals surface area contributed by atoms with E-state index in [1.807, 2.05) is 34.6 Å². The van der Waals surface area contributed by atoms with Gasteiger partial charge in [-0.2, -0.15) is 0 Å². The summed E-state index contributed by atoms with van der Waals surface area (Å²) in [4.78, 5) is 17.8. The molecule has 24 heavy (non-hydrogen) atoms. The molecular formula is C18H24N2O4. The molecular weight excluding hydrogens is 308 g/mol. The molecule has 6 nitrogen and oxygen atoms in total. The third-order valence-electron chi connectivity index (χ3n) is 3.33. The summed E-state index contributed by atoms with van der Waals surface area (Å²) in [6.45, 7) is 9.53. The van der Waals surface area contributed by atoms with Gasteiger partial charge >= 0.3 is 6.09 Å². The summed E-state index contributed by atoms with van der Waals surface area (Å²) < 4.78 is 16.5. The standard InChI is InChI=1S/C18H24N2O4/c1-12-13(2)23-16(19-12)11-22-15-9-7-14(8-10-15)20(6)17(21)24-18(3,4)5/h7-10H,11H2,1-6H3. The number of hydrogen-bond donors (Lipinski definition) is 0. The quantitative estimate of drug-likeness (QED) is 0.838. The van der Waals surface area contributed by atoms with Crippen molar-refractivity contribution in [3.8, 4) is 5.75 Å². The lowest BCUT2D eigenvalue weighted by Crippen LogP contribution is -2.34. The molecule has 2 rings (SSSR count). The van der Waals surface area contributed by atoms with Crippen LogP contribution in [0.1, 0.15) is 38.1 Å². The molecule has 1 heterocycles. The van der Waals surface area contributed by atoms with Gasteiger partial charge in [0.1, 0.15) is 17.1 Å². The second-order valence-electron chi connectivity index (χ2n) is 6.57. The van der Waals surface area contributed by atoms with Crippen molar-refractivity contribution >= 4 is 11.8 Å².